The third-order valence-corrected chi connectivity index (χ3v) is 2.40. The van der Waals surface area contributed by atoms with Crippen molar-refractivity contribution < 1.29 is 9.90 Å². The molecule has 1 atom stereocenters. The van der Waals surface area contributed by atoms with Crippen molar-refractivity contribution in [1.82, 2.24) is 10.3 Å². The zero-order valence-corrected chi connectivity index (χ0v) is 11.1. The lowest BCUT2D eigenvalue weighted by Crippen LogP contribution is -2.30. The minimum Gasteiger partial charge on any atom is -0.396 e. The summed E-state index contributed by atoms with van der Waals surface area (Å²) in [5, 5.41) is 14.8. The van der Waals surface area contributed by atoms with Gasteiger partial charge in [-0.3, -0.25) is 4.79 Å². The number of carbonyl (C=O) groups is 1. The predicted molar refractivity (Wildman–Crippen MR) is 71.6 cm³/mol. The first-order valence-electron chi connectivity index (χ1n) is 6.15. The van der Waals surface area contributed by atoms with E-state index in [1.807, 2.05) is 20.8 Å². The Kier molecular flexibility index (Phi) is 5.58. The van der Waals surface area contributed by atoms with E-state index in [1.165, 1.54) is 0 Å². The first-order chi connectivity index (χ1) is 8.54. The van der Waals surface area contributed by atoms with Crippen LogP contribution in [-0.4, -0.2) is 35.2 Å². The topological polar surface area (TPSA) is 74.2 Å². The Morgan fingerprint density at radius 3 is 2.78 bits per heavy atom. The van der Waals surface area contributed by atoms with E-state index in [0.717, 1.165) is 0 Å². The minimum absolute atomic E-state index is 0.0483. The van der Waals surface area contributed by atoms with Gasteiger partial charge in [0.05, 0.1) is 5.56 Å². The van der Waals surface area contributed by atoms with Crippen LogP contribution in [0.15, 0.2) is 18.3 Å². The lowest BCUT2D eigenvalue weighted by molar-refractivity contribution is 0.0943. The van der Waals surface area contributed by atoms with Gasteiger partial charge in [-0.1, -0.05) is 6.92 Å². The fourth-order valence-corrected chi connectivity index (χ4v) is 1.40. The number of nitrogens with one attached hydrogen (secondary N) is 2. The van der Waals surface area contributed by atoms with E-state index in [4.69, 9.17) is 5.11 Å². The Morgan fingerprint density at radius 2 is 2.17 bits per heavy atom. The normalized spacial score (nSPS) is 12.3. The SMILES string of the molecule is CC(CO)CNC(=O)c1cccnc1NC(C)C. The highest BCUT2D eigenvalue weighted by Crippen LogP contribution is 2.12. The molecule has 1 aromatic rings. The van der Waals surface area contributed by atoms with Gasteiger partial charge in [-0.15, -0.1) is 0 Å². The quantitative estimate of drug-likeness (QED) is 0.711. The molecule has 0 aliphatic carbocycles. The molecule has 0 aromatic carbocycles. The molecule has 0 saturated carbocycles. The van der Waals surface area contributed by atoms with Gasteiger partial charge in [-0.25, -0.2) is 4.98 Å². The van der Waals surface area contributed by atoms with Crippen molar-refractivity contribution in [2.24, 2.45) is 5.92 Å². The summed E-state index contributed by atoms with van der Waals surface area (Å²) in [7, 11) is 0. The van der Waals surface area contributed by atoms with Crippen LogP contribution in [0.4, 0.5) is 5.82 Å². The van der Waals surface area contributed by atoms with Gasteiger partial charge in [0.25, 0.3) is 5.91 Å². The molecule has 1 heterocycles. The van der Waals surface area contributed by atoms with Gasteiger partial charge in [0.2, 0.25) is 0 Å². The second kappa shape index (κ2) is 6.96. The van der Waals surface area contributed by atoms with Crippen molar-refractivity contribution in [2.45, 2.75) is 26.8 Å². The lowest BCUT2D eigenvalue weighted by Gasteiger charge is -2.14. The second-order valence-corrected chi connectivity index (χ2v) is 4.70. The maximum Gasteiger partial charge on any atom is 0.255 e. The van der Waals surface area contributed by atoms with Crippen molar-refractivity contribution >= 4 is 11.7 Å². The highest BCUT2D eigenvalue weighted by atomic mass is 16.3. The standard InChI is InChI=1S/C13H21N3O2/c1-9(2)16-12-11(5-4-6-14-12)13(18)15-7-10(3)8-17/h4-6,9-10,17H,7-8H2,1-3H3,(H,14,16)(H,15,18). The molecule has 1 amide bonds. The third kappa shape index (κ3) is 4.33. The number of aliphatic hydroxyl groups is 1. The summed E-state index contributed by atoms with van der Waals surface area (Å²) in [5.41, 5.74) is 0.524. The van der Waals surface area contributed by atoms with Gasteiger partial charge in [0.15, 0.2) is 0 Å². The molecular weight excluding hydrogens is 230 g/mol. The summed E-state index contributed by atoms with van der Waals surface area (Å²) in [6.07, 6.45) is 1.65. The van der Waals surface area contributed by atoms with Crippen LogP contribution in [0.1, 0.15) is 31.1 Å². The van der Waals surface area contributed by atoms with E-state index in [0.29, 0.717) is 17.9 Å². The lowest BCUT2D eigenvalue weighted by atomic mass is 10.2. The maximum atomic E-state index is 12.0. The zero-order chi connectivity index (χ0) is 13.5. The van der Waals surface area contributed by atoms with Crippen molar-refractivity contribution in [3.8, 4) is 0 Å². The van der Waals surface area contributed by atoms with E-state index >= 15 is 0 Å². The highest BCUT2D eigenvalue weighted by molar-refractivity contribution is 5.98. The summed E-state index contributed by atoms with van der Waals surface area (Å²) in [6.45, 7) is 6.36. The number of pyridine rings is 1. The summed E-state index contributed by atoms with van der Waals surface area (Å²) in [4.78, 5) is 16.2. The first kappa shape index (κ1) is 14.4. The number of amides is 1. The molecule has 0 saturated heterocycles. The van der Waals surface area contributed by atoms with Crippen LogP contribution in [0.3, 0.4) is 0 Å². The van der Waals surface area contributed by atoms with Crippen LogP contribution in [0, 0.1) is 5.92 Å². The molecule has 3 N–H and O–H groups in total. The van der Waals surface area contributed by atoms with Crippen molar-refractivity contribution in [3.63, 3.8) is 0 Å². The molecule has 1 unspecified atom stereocenters. The Morgan fingerprint density at radius 1 is 1.44 bits per heavy atom. The number of rotatable bonds is 6. The molecule has 1 rings (SSSR count). The molecule has 0 spiro atoms. The Balaban J connectivity index is 2.72. The van der Waals surface area contributed by atoms with Crippen LogP contribution >= 0.6 is 0 Å². The monoisotopic (exact) mass is 251 g/mol. The molecule has 0 aliphatic heterocycles. The molecule has 1 aromatic heterocycles. The number of anilines is 1. The number of nitrogens with zero attached hydrogens (tertiary/aromatic N) is 1. The average molecular weight is 251 g/mol. The van der Waals surface area contributed by atoms with Gasteiger partial charge in [-0.2, -0.15) is 0 Å². The number of aromatic nitrogens is 1. The molecule has 0 bridgehead atoms. The van der Waals surface area contributed by atoms with Crippen LogP contribution in [-0.2, 0) is 0 Å². The molecule has 5 nitrogen and oxygen atoms in total. The Hall–Kier alpha value is -1.62. The van der Waals surface area contributed by atoms with Crippen molar-refractivity contribution in [1.29, 1.82) is 0 Å². The van der Waals surface area contributed by atoms with Gasteiger partial charge in [0.1, 0.15) is 5.82 Å². The largest absolute Gasteiger partial charge is 0.396 e. The second-order valence-electron chi connectivity index (χ2n) is 4.70. The third-order valence-electron chi connectivity index (χ3n) is 2.40. The Labute approximate surface area is 108 Å². The van der Waals surface area contributed by atoms with Crippen LogP contribution < -0.4 is 10.6 Å². The fourth-order valence-electron chi connectivity index (χ4n) is 1.40. The summed E-state index contributed by atoms with van der Waals surface area (Å²) in [5.74, 6) is 0.459. The summed E-state index contributed by atoms with van der Waals surface area (Å²) >= 11 is 0. The van der Waals surface area contributed by atoms with E-state index in [2.05, 4.69) is 15.6 Å². The van der Waals surface area contributed by atoms with Gasteiger partial charge in [-0.05, 0) is 31.9 Å². The minimum atomic E-state index is -0.174. The molecular formula is C13H21N3O2. The van der Waals surface area contributed by atoms with Gasteiger partial charge >= 0.3 is 0 Å². The summed E-state index contributed by atoms with van der Waals surface area (Å²) in [6, 6.07) is 3.68. The molecule has 100 valence electrons. The van der Waals surface area contributed by atoms with Gasteiger partial charge < -0.3 is 15.7 Å². The Bertz CT molecular complexity index is 394. The van der Waals surface area contributed by atoms with Crippen molar-refractivity contribution in [2.75, 3.05) is 18.5 Å². The molecule has 0 aliphatic rings. The molecule has 0 fully saturated rings. The van der Waals surface area contributed by atoms with Gasteiger partial charge in [0, 0.05) is 25.4 Å². The van der Waals surface area contributed by atoms with Crippen LogP contribution in [0.5, 0.6) is 0 Å². The molecule has 0 radical (unpaired) electrons. The number of hydrogen-bond donors (Lipinski definition) is 3. The first-order valence-corrected chi connectivity index (χ1v) is 6.15. The maximum absolute atomic E-state index is 12.0. The molecule has 18 heavy (non-hydrogen) atoms. The number of carbonyl (C=O) groups excluding carboxylic acids is 1. The number of aliphatic hydroxyl groups excluding tert-OH is 1. The van der Waals surface area contributed by atoms with Crippen LogP contribution in [0.25, 0.3) is 0 Å². The van der Waals surface area contributed by atoms with E-state index < -0.39 is 0 Å². The zero-order valence-electron chi connectivity index (χ0n) is 11.1. The summed E-state index contributed by atoms with van der Waals surface area (Å²) < 4.78 is 0. The predicted octanol–water partition coefficient (Wildman–Crippen LogP) is 1.26. The highest BCUT2D eigenvalue weighted by Gasteiger charge is 2.13. The molecule has 5 heteroatoms. The van der Waals surface area contributed by atoms with E-state index in [9.17, 15) is 4.79 Å². The van der Waals surface area contributed by atoms with E-state index in [1.54, 1.807) is 18.3 Å². The fraction of sp³-hybridized carbons (Fsp3) is 0.538. The van der Waals surface area contributed by atoms with E-state index in [-0.39, 0.29) is 24.5 Å². The smallest absolute Gasteiger partial charge is 0.255 e. The van der Waals surface area contributed by atoms with Crippen LogP contribution in [0.2, 0.25) is 0 Å². The van der Waals surface area contributed by atoms with Crippen molar-refractivity contribution in [3.05, 3.63) is 23.9 Å². The average Bonchev–Trinajstić information content (AvgIpc) is 2.35. The number of hydrogen-bond acceptors (Lipinski definition) is 4.